The molecule has 33 heavy (non-hydrogen) atoms. The van der Waals surface area contributed by atoms with Gasteiger partial charge in [0.1, 0.15) is 11.5 Å². The molecule has 0 spiro atoms. The molecule has 4 aromatic rings. The summed E-state index contributed by atoms with van der Waals surface area (Å²) in [5.41, 5.74) is 7.43. The Labute approximate surface area is 197 Å². The summed E-state index contributed by atoms with van der Waals surface area (Å²) in [6.07, 6.45) is 7.12. The predicted molar refractivity (Wildman–Crippen MR) is 131 cm³/mol. The molecule has 0 saturated carbocycles. The number of pyridine rings is 1. The number of nitrogens with one attached hydrogen (secondary N) is 1. The third kappa shape index (κ3) is 4.07. The SMILES string of the molecule is Cc1noc(C)c1-c1ccc2nc(-c3c(C)noc3C)cc(NCC3C=C(Cl)C=CC3)c2c1. The van der Waals surface area contributed by atoms with Gasteiger partial charge in [0.15, 0.2) is 0 Å². The van der Waals surface area contributed by atoms with Crippen LogP contribution in [0.4, 0.5) is 5.69 Å². The summed E-state index contributed by atoms with van der Waals surface area (Å²) in [6, 6.07) is 8.34. The number of anilines is 1. The molecule has 0 amide bonds. The van der Waals surface area contributed by atoms with Crippen LogP contribution in [-0.2, 0) is 0 Å². The summed E-state index contributed by atoms with van der Waals surface area (Å²) in [5, 5.41) is 13.7. The number of benzene rings is 1. The Morgan fingerprint density at radius 1 is 1.00 bits per heavy atom. The largest absolute Gasteiger partial charge is 0.384 e. The van der Waals surface area contributed by atoms with Gasteiger partial charge in [-0.15, -0.1) is 0 Å². The highest BCUT2D eigenvalue weighted by molar-refractivity contribution is 6.31. The Morgan fingerprint density at radius 3 is 2.39 bits per heavy atom. The van der Waals surface area contributed by atoms with Gasteiger partial charge in [0, 0.05) is 28.2 Å². The highest BCUT2D eigenvalue weighted by atomic mass is 35.5. The molecular formula is C26H25ClN4O2. The van der Waals surface area contributed by atoms with E-state index in [2.05, 4.69) is 46.0 Å². The first-order valence-corrected chi connectivity index (χ1v) is 11.4. The van der Waals surface area contributed by atoms with Gasteiger partial charge in [0.05, 0.1) is 28.2 Å². The van der Waals surface area contributed by atoms with Crippen molar-refractivity contribution in [3.63, 3.8) is 0 Å². The van der Waals surface area contributed by atoms with Gasteiger partial charge in [-0.1, -0.05) is 40.1 Å². The molecular weight excluding hydrogens is 436 g/mol. The Morgan fingerprint density at radius 2 is 1.73 bits per heavy atom. The predicted octanol–water partition coefficient (Wildman–Crippen LogP) is 6.89. The fourth-order valence-electron chi connectivity index (χ4n) is 4.49. The zero-order valence-corrected chi connectivity index (χ0v) is 19.8. The van der Waals surface area contributed by atoms with Crippen LogP contribution in [0.5, 0.6) is 0 Å². The van der Waals surface area contributed by atoms with Crippen molar-refractivity contribution >= 4 is 28.2 Å². The summed E-state index contributed by atoms with van der Waals surface area (Å²) in [5.74, 6) is 1.87. The first-order valence-electron chi connectivity index (χ1n) is 11.0. The first-order chi connectivity index (χ1) is 15.9. The smallest absolute Gasteiger partial charge is 0.143 e. The van der Waals surface area contributed by atoms with E-state index >= 15 is 0 Å². The number of aromatic nitrogens is 3. The highest BCUT2D eigenvalue weighted by Gasteiger charge is 2.18. The van der Waals surface area contributed by atoms with Crippen LogP contribution in [0.3, 0.4) is 0 Å². The molecule has 1 aliphatic carbocycles. The van der Waals surface area contributed by atoms with E-state index in [1.807, 2.05) is 39.8 Å². The van der Waals surface area contributed by atoms with Gasteiger partial charge >= 0.3 is 0 Å². The Bertz CT molecular complexity index is 1370. The van der Waals surface area contributed by atoms with E-state index < -0.39 is 0 Å². The molecule has 1 aromatic carbocycles. The van der Waals surface area contributed by atoms with Crippen LogP contribution in [0.1, 0.15) is 29.3 Å². The molecule has 5 rings (SSSR count). The van der Waals surface area contributed by atoms with Crippen LogP contribution in [0.15, 0.2) is 56.6 Å². The molecule has 3 heterocycles. The van der Waals surface area contributed by atoms with Crippen LogP contribution < -0.4 is 5.32 Å². The average molecular weight is 461 g/mol. The van der Waals surface area contributed by atoms with Crippen molar-refractivity contribution in [3.05, 3.63) is 70.4 Å². The van der Waals surface area contributed by atoms with Crippen molar-refractivity contribution in [1.82, 2.24) is 15.3 Å². The lowest BCUT2D eigenvalue weighted by atomic mass is 9.98. The van der Waals surface area contributed by atoms with E-state index in [1.165, 1.54) is 0 Å². The van der Waals surface area contributed by atoms with Gasteiger partial charge in [-0.3, -0.25) is 0 Å². The van der Waals surface area contributed by atoms with Crippen LogP contribution in [0.2, 0.25) is 0 Å². The van der Waals surface area contributed by atoms with Crippen molar-refractivity contribution < 1.29 is 9.05 Å². The van der Waals surface area contributed by atoms with Gasteiger partial charge in [-0.25, -0.2) is 4.98 Å². The van der Waals surface area contributed by atoms with Crippen molar-refractivity contribution in [2.24, 2.45) is 5.92 Å². The lowest BCUT2D eigenvalue weighted by molar-refractivity contribution is 0.393. The maximum absolute atomic E-state index is 6.23. The number of allylic oxidation sites excluding steroid dienone is 3. The fraction of sp³-hybridized carbons (Fsp3) is 0.269. The monoisotopic (exact) mass is 460 g/mol. The summed E-state index contributed by atoms with van der Waals surface area (Å²) in [4.78, 5) is 4.95. The number of hydrogen-bond acceptors (Lipinski definition) is 6. The minimum Gasteiger partial charge on any atom is -0.384 e. The van der Waals surface area contributed by atoms with E-state index in [9.17, 15) is 0 Å². The molecule has 0 bridgehead atoms. The standard InChI is InChI=1S/C26H25ClN4O2/c1-14-25(16(3)32-30-14)19-8-9-22-21(11-19)23(28-13-18-6-5-7-20(27)10-18)12-24(29-22)26-15(2)31-33-17(26)4/h5,7-12,18H,6,13H2,1-4H3,(H,28,29). The average Bonchev–Trinajstić information content (AvgIpc) is 3.31. The lowest BCUT2D eigenvalue weighted by Crippen LogP contribution is -2.14. The molecule has 6 nitrogen and oxygen atoms in total. The Balaban J connectivity index is 1.62. The molecule has 7 heteroatoms. The minimum absolute atomic E-state index is 0.318. The first kappa shape index (κ1) is 21.5. The summed E-state index contributed by atoms with van der Waals surface area (Å²) >= 11 is 6.23. The van der Waals surface area contributed by atoms with Crippen LogP contribution in [0, 0.1) is 33.6 Å². The summed E-state index contributed by atoms with van der Waals surface area (Å²) in [7, 11) is 0. The second-order valence-corrected chi connectivity index (χ2v) is 8.95. The van der Waals surface area contributed by atoms with Gasteiger partial charge < -0.3 is 14.4 Å². The van der Waals surface area contributed by atoms with E-state index in [0.29, 0.717) is 5.92 Å². The molecule has 3 aromatic heterocycles. The van der Waals surface area contributed by atoms with E-state index in [0.717, 1.165) is 79.9 Å². The van der Waals surface area contributed by atoms with Crippen molar-refractivity contribution in [2.45, 2.75) is 34.1 Å². The molecule has 1 atom stereocenters. The normalized spacial score (nSPS) is 15.8. The Kier molecular flexibility index (Phi) is 5.54. The van der Waals surface area contributed by atoms with Crippen LogP contribution >= 0.6 is 11.6 Å². The number of fused-ring (bicyclic) bond motifs is 1. The Hall–Kier alpha value is -3.38. The minimum atomic E-state index is 0.318. The molecule has 1 N–H and O–H groups in total. The van der Waals surface area contributed by atoms with Crippen molar-refractivity contribution in [1.29, 1.82) is 0 Å². The topological polar surface area (TPSA) is 77.0 Å². The maximum atomic E-state index is 6.23. The molecule has 0 radical (unpaired) electrons. The number of rotatable bonds is 5. The lowest BCUT2D eigenvalue weighted by Gasteiger charge is -2.18. The maximum Gasteiger partial charge on any atom is 0.143 e. The number of hydrogen-bond donors (Lipinski definition) is 1. The molecule has 0 saturated heterocycles. The van der Waals surface area contributed by atoms with E-state index in [-0.39, 0.29) is 0 Å². The van der Waals surface area contributed by atoms with E-state index in [1.54, 1.807) is 0 Å². The number of aryl methyl sites for hydroxylation is 4. The highest BCUT2D eigenvalue weighted by Crippen LogP contribution is 2.36. The summed E-state index contributed by atoms with van der Waals surface area (Å²) < 4.78 is 10.8. The molecule has 1 aliphatic rings. The van der Waals surface area contributed by atoms with Gasteiger partial charge in [0.2, 0.25) is 0 Å². The second kappa shape index (κ2) is 8.52. The third-order valence-electron chi connectivity index (χ3n) is 6.09. The summed E-state index contributed by atoms with van der Waals surface area (Å²) in [6.45, 7) is 8.50. The van der Waals surface area contributed by atoms with Crippen LogP contribution in [0.25, 0.3) is 33.3 Å². The second-order valence-electron chi connectivity index (χ2n) is 8.52. The number of halogens is 1. The molecule has 0 fully saturated rings. The third-order valence-corrected chi connectivity index (χ3v) is 6.34. The zero-order valence-electron chi connectivity index (χ0n) is 19.1. The van der Waals surface area contributed by atoms with Crippen molar-refractivity contribution in [2.75, 3.05) is 11.9 Å². The fourth-order valence-corrected chi connectivity index (χ4v) is 4.75. The van der Waals surface area contributed by atoms with Crippen LogP contribution in [-0.4, -0.2) is 21.8 Å². The molecule has 0 aliphatic heterocycles. The number of nitrogens with zero attached hydrogens (tertiary/aromatic N) is 3. The zero-order chi connectivity index (χ0) is 23.1. The van der Waals surface area contributed by atoms with E-state index in [4.69, 9.17) is 25.6 Å². The van der Waals surface area contributed by atoms with Gasteiger partial charge in [-0.05, 0) is 69.9 Å². The van der Waals surface area contributed by atoms with Gasteiger partial charge in [-0.2, -0.15) is 0 Å². The molecule has 168 valence electrons. The quantitative estimate of drug-likeness (QED) is 0.349. The van der Waals surface area contributed by atoms with Gasteiger partial charge in [0.25, 0.3) is 0 Å². The van der Waals surface area contributed by atoms with Crippen molar-refractivity contribution in [3.8, 4) is 22.4 Å². The molecule has 1 unspecified atom stereocenters.